The quantitative estimate of drug-likeness (QED) is 0.687. The maximum atomic E-state index is 13.4. The minimum absolute atomic E-state index is 0.227. The molecule has 0 N–H and O–H groups in total. The normalized spacial score (nSPS) is 15.1. The molecule has 0 radical (unpaired) electrons. The molecule has 2 aromatic carbocycles. The first-order valence-electron chi connectivity index (χ1n) is 8.45. The van der Waals surface area contributed by atoms with E-state index in [2.05, 4.69) is 9.97 Å². The molecule has 1 saturated heterocycles. The van der Waals surface area contributed by atoms with Crippen LogP contribution >= 0.6 is 0 Å². The molecular formula is C19H17F2N3O2S. The number of sulfone groups is 1. The molecule has 3 aromatic rings. The van der Waals surface area contributed by atoms with Crippen LogP contribution in [0.3, 0.4) is 0 Å². The Morgan fingerprint density at radius 3 is 2.56 bits per heavy atom. The van der Waals surface area contributed by atoms with E-state index in [1.807, 2.05) is 4.90 Å². The zero-order valence-electron chi connectivity index (χ0n) is 14.6. The van der Waals surface area contributed by atoms with Crippen molar-refractivity contribution in [2.75, 3.05) is 24.2 Å². The van der Waals surface area contributed by atoms with Crippen molar-refractivity contribution in [2.24, 2.45) is 5.92 Å². The van der Waals surface area contributed by atoms with Gasteiger partial charge in [-0.15, -0.1) is 0 Å². The van der Waals surface area contributed by atoms with E-state index in [0.29, 0.717) is 36.2 Å². The Bertz CT molecular complexity index is 1130. The first-order valence-corrected chi connectivity index (χ1v) is 10.3. The summed E-state index contributed by atoms with van der Waals surface area (Å²) >= 11 is 0. The highest BCUT2D eigenvalue weighted by atomic mass is 32.2. The summed E-state index contributed by atoms with van der Waals surface area (Å²) in [6.07, 6.45) is 3.27. The Labute approximate surface area is 155 Å². The molecule has 1 aromatic heterocycles. The van der Waals surface area contributed by atoms with Crippen molar-refractivity contribution >= 4 is 26.6 Å². The number of anilines is 1. The Morgan fingerprint density at radius 2 is 1.85 bits per heavy atom. The number of hydrogen-bond donors (Lipinski definition) is 0. The highest BCUT2D eigenvalue weighted by Crippen LogP contribution is 2.31. The van der Waals surface area contributed by atoms with E-state index in [1.54, 1.807) is 18.2 Å². The molecule has 0 spiro atoms. The molecule has 1 aliphatic rings. The summed E-state index contributed by atoms with van der Waals surface area (Å²) in [7, 11) is -3.32. The van der Waals surface area contributed by atoms with Crippen LogP contribution in [0.5, 0.6) is 0 Å². The van der Waals surface area contributed by atoms with Crippen molar-refractivity contribution in [3.8, 4) is 0 Å². The topological polar surface area (TPSA) is 63.2 Å². The van der Waals surface area contributed by atoms with E-state index in [1.165, 1.54) is 24.7 Å². The van der Waals surface area contributed by atoms with Gasteiger partial charge in [0.15, 0.2) is 21.5 Å². The number of halogens is 2. The molecule has 0 amide bonds. The van der Waals surface area contributed by atoms with Crippen LogP contribution in [-0.2, 0) is 16.3 Å². The SMILES string of the molecule is CS(=O)(=O)c1ccc2ncnc(N3CC(Cc4ccc(F)c(F)c4)C3)c2c1. The van der Waals surface area contributed by atoms with Gasteiger partial charge in [0.25, 0.3) is 0 Å². The van der Waals surface area contributed by atoms with Gasteiger partial charge in [-0.2, -0.15) is 0 Å². The third-order valence-corrected chi connectivity index (χ3v) is 5.89. The maximum absolute atomic E-state index is 13.4. The van der Waals surface area contributed by atoms with Gasteiger partial charge in [-0.1, -0.05) is 6.07 Å². The van der Waals surface area contributed by atoms with Crippen molar-refractivity contribution in [1.82, 2.24) is 9.97 Å². The summed E-state index contributed by atoms with van der Waals surface area (Å²) in [4.78, 5) is 10.8. The lowest BCUT2D eigenvalue weighted by Crippen LogP contribution is -2.48. The van der Waals surface area contributed by atoms with Gasteiger partial charge in [-0.25, -0.2) is 27.2 Å². The lowest BCUT2D eigenvalue weighted by molar-refractivity contribution is 0.404. The second kappa shape index (κ2) is 6.53. The second-order valence-corrected chi connectivity index (χ2v) is 8.89. The number of fused-ring (bicyclic) bond motifs is 1. The summed E-state index contributed by atoms with van der Waals surface area (Å²) in [5, 5.41) is 0.687. The van der Waals surface area contributed by atoms with E-state index in [9.17, 15) is 17.2 Å². The lowest BCUT2D eigenvalue weighted by atomic mass is 9.92. The fourth-order valence-electron chi connectivity index (χ4n) is 3.38. The third-order valence-electron chi connectivity index (χ3n) is 4.78. The lowest BCUT2D eigenvalue weighted by Gasteiger charge is -2.40. The highest BCUT2D eigenvalue weighted by molar-refractivity contribution is 7.90. The Kier molecular flexibility index (Phi) is 4.30. The van der Waals surface area contributed by atoms with Gasteiger partial charge in [-0.05, 0) is 48.2 Å². The molecular weight excluding hydrogens is 372 g/mol. The van der Waals surface area contributed by atoms with Crippen LogP contribution in [-0.4, -0.2) is 37.7 Å². The second-order valence-electron chi connectivity index (χ2n) is 6.87. The van der Waals surface area contributed by atoms with Crippen LogP contribution < -0.4 is 4.90 Å². The minimum Gasteiger partial charge on any atom is -0.355 e. The standard InChI is InChI=1S/C19H17F2N3O2S/c1-27(25,26)14-3-5-18-15(8-14)19(23-11-22-18)24-9-13(10-24)6-12-2-4-16(20)17(21)7-12/h2-5,7-8,11,13H,6,9-10H2,1H3. The maximum Gasteiger partial charge on any atom is 0.175 e. The van der Waals surface area contributed by atoms with Gasteiger partial charge in [0.2, 0.25) is 0 Å². The zero-order chi connectivity index (χ0) is 19.2. The number of nitrogens with zero attached hydrogens (tertiary/aromatic N) is 3. The molecule has 27 heavy (non-hydrogen) atoms. The van der Waals surface area contributed by atoms with Crippen LogP contribution in [0.15, 0.2) is 47.6 Å². The Balaban J connectivity index is 1.55. The van der Waals surface area contributed by atoms with Gasteiger partial charge in [-0.3, -0.25) is 0 Å². The van der Waals surface area contributed by atoms with Crippen LogP contribution in [0.1, 0.15) is 5.56 Å². The molecule has 8 heteroatoms. The van der Waals surface area contributed by atoms with Crippen molar-refractivity contribution in [2.45, 2.75) is 11.3 Å². The van der Waals surface area contributed by atoms with Crippen LogP contribution in [0.2, 0.25) is 0 Å². The van der Waals surface area contributed by atoms with Gasteiger partial charge < -0.3 is 4.90 Å². The number of benzene rings is 2. The van der Waals surface area contributed by atoms with Gasteiger partial charge in [0, 0.05) is 24.7 Å². The fraction of sp³-hybridized carbons (Fsp3) is 0.263. The molecule has 4 rings (SSSR count). The fourth-order valence-corrected chi connectivity index (χ4v) is 4.02. The Morgan fingerprint density at radius 1 is 1.07 bits per heavy atom. The third kappa shape index (κ3) is 3.49. The molecule has 0 unspecified atom stereocenters. The summed E-state index contributed by atoms with van der Waals surface area (Å²) < 4.78 is 50.1. The van der Waals surface area contributed by atoms with Crippen molar-refractivity contribution in [1.29, 1.82) is 0 Å². The smallest absolute Gasteiger partial charge is 0.175 e. The van der Waals surface area contributed by atoms with E-state index in [4.69, 9.17) is 0 Å². The Hall–Kier alpha value is -2.61. The summed E-state index contributed by atoms with van der Waals surface area (Å²) in [6.45, 7) is 1.41. The van der Waals surface area contributed by atoms with E-state index in [-0.39, 0.29) is 10.8 Å². The van der Waals surface area contributed by atoms with E-state index < -0.39 is 21.5 Å². The van der Waals surface area contributed by atoms with Gasteiger partial charge in [0.1, 0.15) is 12.1 Å². The average molecular weight is 389 g/mol. The largest absolute Gasteiger partial charge is 0.355 e. The van der Waals surface area contributed by atoms with Crippen molar-refractivity contribution in [3.05, 3.63) is 59.9 Å². The molecule has 1 fully saturated rings. The average Bonchev–Trinajstić information content (AvgIpc) is 2.59. The van der Waals surface area contributed by atoms with Gasteiger partial charge in [0.05, 0.1) is 10.4 Å². The summed E-state index contributed by atoms with van der Waals surface area (Å²) in [5.74, 6) is -0.702. The molecule has 0 atom stereocenters. The van der Waals surface area contributed by atoms with E-state index >= 15 is 0 Å². The summed E-state index contributed by atoms with van der Waals surface area (Å²) in [5.41, 5.74) is 1.43. The first kappa shape index (κ1) is 17.8. The molecule has 1 aliphatic heterocycles. The van der Waals surface area contributed by atoms with Crippen LogP contribution in [0.25, 0.3) is 10.9 Å². The predicted molar refractivity (Wildman–Crippen MR) is 98.4 cm³/mol. The number of rotatable bonds is 4. The summed E-state index contributed by atoms with van der Waals surface area (Å²) in [6, 6.07) is 8.79. The first-order chi connectivity index (χ1) is 12.8. The minimum atomic E-state index is -3.32. The molecule has 0 aliphatic carbocycles. The number of hydrogen-bond acceptors (Lipinski definition) is 5. The van der Waals surface area contributed by atoms with E-state index in [0.717, 1.165) is 11.6 Å². The van der Waals surface area contributed by atoms with Crippen LogP contribution in [0.4, 0.5) is 14.6 Å². The van der Waals surface area contributed by atoms with Crippen molar-refractivity contribution in [3.63, 3.8) is 0 Å². The molecule has 0 saturated carbocycles. The monoisotopic (exact) mass is 389 g/mol. The molecule has 140 valence electrons. The molecule has 5 nitrogen and oxygen atoms in total. The highest BCUT2D eigenvalue weighted by Gasteiger charge is 2.29. The molecule has 2 heterocycles. The van der Waals surface area contributed by atoms with Crippen molar-refractivity contribution < 1.29 is 17.2 Å². The predicted octanol–water partition coefficient (Wildman–Crippen LogP) is 2.99. The zero-order valence-corrected chi connectivity index (χ0v) is 15.4. The van der Waals surface area contributed by atoms with Crippen LogP contribution in [0, 0.1) is 17.6 Å². The molecule has 0 bridgehead atoms. The van der Waals surface area contributed by atoms with Gasteiger partial charge >= 0.3 is 0 Å². The number of aromatic nitrogens is 2.